The van der Waals surface area contributed by atoms with Gasteiger partial charge in [-0.25, -0.2) is 0 Å². The Morgan fingerprint density at radius 1 is 0.957 bits per heavy atom. The predicted molar refractivity (Wildman–Crippen MR) is 90.0 cm³/mol. The van der Waals surface area contributed by atoms with E-state index in [2.05, 4.69) is 17.3 Å². The second-order valence-corrected chi connectivity index (χ2v) is 6.30. The van der Waals surface area contributed by atoms with Crippen molar-refractivity contribution in [3.05, 3.63) is 66.4 Å². The van der Waals surface area contributed by atoms with E-state index in [0.29, 0.717) is 0 Å². The number of aliphatic hydroxyl groups excluding tert-OH is 1. The highest BCUT2D eigenvalue weighted by atomic mass is 16.5. The molecule has 1 atom stereocenters. The van der Waals surface area contributed by atoms with Crippen molar-refractivity contribution >= 4 is 0 Å². The lowest BCUT2D eigenvalue weighted by atomic mass is 9.89. The molecule has 0 spiro atoms. The van der Waals surface area contributed by atoms with Crippen molar-refractivity contribution in [3.63, 3.8) is 0 Å². The van der Waals surface area contributed by atoms with E-state index < -0.39 is 6.10 Å². The average molecular weight is 305 g/mol. The topological polar surface area (TPSA) is 46.3 Å². The summed E-state index contributed by atoms with van der Waals surface area (Å²) >= 11 is 0. The van der Waals surface area contributed by atoms with Gasteiger partial charge < -0.3 is 9.63 Å². The Labute approximate surface area is 135 Å². The van der Waals surface area contributed by atoms with Gasteiger partial charge >= 0.3 is 0 Å². The van der Waals surface area contributed by atoms with Crippen LogP contribution in [-0.2, 0) is 5.41 Å². The standard InChI is InChI=1S/C20H19NO2/c1-14(22)20(12-13-20)19-17(15-8-4-2-5-9-15)18(21-23-19)16-10-6-3-7-11-16/h2-11,14,22H,12-13H2,1H3/t14-/m1/s1. The number of rotatable bonds is 4. The van der Waals surface area contributed by atoms with Crippen molar-refractivity contribution < 1.29 is 9.63 Å². The smallest absolute Gasteiger partial charge is 0.153 e. The largest absolute Gasteiger partial charge is 0.392 e. The molecule has 116 valence electrons. The summed E-state index contributed by atoms with van der Waals surface area (Å²) in [6, 6.07) is 20.2. The van der Waals surface area contributed by atoms with E-state index in [9.17, 15) is 5.11 Å². The molecule has 0 aliphatic heterocycles. The highest BCUT2D eigenvalue weighted by Crippen LogP contribution is 2.55. The summed E-state index contributed by atoms with van der Waals surface area (Å²) in [5.41, 5.74) is 3.68. The van der Waals surface area contributed by atoms with Crippen LogP contribution in [0.3, 0.4) is 0 Å². The summed E-state index contributed by atoms with van der Waals surface area (Å²) in [4.78, 5) is 0. The minimum absolute atomic E-state index is 0.287. The Morgan fingerprint density at radius 3 is 2.04 bits per heavy atom. The van der Waals surface area contributed by atoms with Gasteiger partial charge in [0, 0.05) is 5.56 Å². The molecule has 23 heavy (non-hydrogen) atoms. The summed E-state index contributed by atoms with van der Waals surface area (Å²) < 4.78 is 5.78. The Hall–Kier alpha value is -2.39. The number of aliphatic hydroxyl groups is 1. The first kappa shape index (κ1) is 14.2. The number of nitrogens with zero attached hydrogens (tertiary/aromatic N) is 1. The van der Waals surface area contributed by atoms with Crippen molar-refractivity contribution in [2.45, 2.75) is 31.3 Å². The lowest BCUT2D eigenvalue weighted by molar-refractivity contribution is 0.134. The molecule has 0 bridgehead atoms. The van der Waals surface area contributed by atoms with Crippen molar-refractivity contribution in [3.8, 4) is 22.4 Å². The summed E-state index contributed by atoms with van der Waals surface area (Å²) in [6.45, 7) is 1.84. The maximum atomic E-state index is 10.3. The Bertz CT molecular complexity index is 802. The quantitative estimate of drug-likeness (QED) is 0.776. The zero-order chi connectivity index (χ0) is 15.9. The monoisotopic (exact) mass is 305 g/mol. The van der Waals surface area contributed by atoms with E-state index in [1.807, 2.05) is 55.5 Å². The first-order valence-corrected chi connectivity index (χ1v) is 8.01. The molecule has 3 heteroatoms. The molecular weight excluding hydrogens is 286 g/mol. The second-order valence-electron chi connectivity index (χ2n) is 6.30. The van der Waals surface area contributed by atoms with Crippen molar-refractivity contribution in [1.82, 2.24) is 5.16 Å². The maximum absolute atomic E-state index is 10.3. The first-order valence-electron chi connectivity index (χ1n) is 8.01. The molecule has 1 saturated carbocycles. The van der Waals surface area contributed by atoms with Crippen LogP contribution < -0.4 is 0 Å². The fourth-order valence-corrected chi connectivity index (χ4v) is 3.26. The van der Waals surface area contributed by atoms with Crippen molar-refractivity contribution in [2.75, 3.05) is 0 Å². The van der Waals surface area contributed by atoms with Crippen LogP contribution in [0.15, 0.2) is 65.2 Å². The molecule has 3 aromatic rings. The highest BCUT2D eigenvalue weighted by Gasteiger charge is 2.53. The zero-order valence-corrected chi connectivity index (χ0v) is 13.1. The molecule has 0 amide bonds. The van der Waals surface area contributed by atoms with Gasteiger partial charge in [-0.3, -0.25) is 0 Å². The molecular formula is C20H19NO2. The summed E-state index contributed by atoms with van der Waals surface area (Å²) in [5, 5.41) is 14.6. The minimum atomic E-state index is -0.443. The van der Waals surface area contributed by atoms with Crippen LogP contribution in [0.1, 0.15) is 25.5 Å². The number of benzene rings is 2. The molecule has 0 radical (unpaired) electrons. The Morgan fingerprint density at radius 2 is 1.52 bits per heavy atom. The fraction of sp³-hybridized carbons (Fsp3) is 0.250. The molecule has 4 rings (SSSR count). The van der Waals surface area contributed by atoms with E-state index in [1.54, 1.807) is 0 Å². The molecule has 1 aliphatic carbocycles. The zero-order valence-electron chi connectivity index (χ0n) is 13.1. The van der Waals surface area contributed by atoms with Gasteiger partial charge in [-0.15, -0.1) is 0 Å². The van der Waals surface area contributed by atoms with Gasteiger partial charge in [-0.05, 0) is 25.3 Å². The molecule has 3 nitrogen and oxygen atoms in total. The lowest BCUT2D eigenvalue weighted by Crippen LogP contribution is -2.22. The van der Waals surface area contributed by atoms with Crippen LogP contribution in [0.2, 0.25) is 0 Å². The molecule has 1 N–H and O–H groups in total. The van der Waals surface area contributed by atoms with Gasteiger partial charge in [-0.2, -0.15) is 0 Å². The van der Waals surface area contributed by atoms with E-state index in [-0.39, 0.29) is 5.41 Å². The predicted octanol–water partition coefficient (Wildman–Crippen LogP) is 4.42. The molecule has 1 aromatic heterocycles. The Balaban J connectivity index is 1.94. The van der Waals surface area contributed by atoms with Gasteiger partial charge in [0.05, 0.1) is 17.1 Å². The third-order valence-electron chi connectivity index (χ3n) is 4.84. The van der Waals surface area contributed by atoms with E-state index >= 15 is 0 Å². The summed E-state index contributed by atoms with van der Waals surface area (Å²) in [7, 11) is 0. The molecule has 0 unspecified atom stereocenters. The van der Waals surface area contributed by atoms with Gasteiger partial charge in [0.2, 0.25) is 0 Å². The van der Waals surface area contributed by atoms with Gasteiger partial charge in [0.1, 0.15) is 5.69 Å². The molecule has 1 fully saturated rings. The average Bonchev–Trinajstić information content (AvgIpc) is 3.29. The maximum Gasteiger partial charge on any atom is 0.153 e. The number of aromatic nitrogens is 1. The molecule has 1 heterocycles. The van der Waals surface area contributed by atoms with Crippen LogP contribution in [0.25, 0.3) is 22.4 Å². The SMILES string of the molecule is C[C@@H](O)C1(c2onc(-c3ccccc3)c2-c2ccccc2)CC1. The first-order chi connectivity index (χ1) is 11.2. The Kier molecular flexibility index (Phi) is 3.31. The van der Waals surface area contributed by atoms with Gasteiger partial charge in [0.15, 0.2) is 5.76 Å². The molecule has 2 aromatic carbocycles. The normalized spacial score (nSPS) is 17.0. The molecule has 0 saturated heterocycles. The minimum Gasteiger partial charge on any atom is -0.392 e. The van der Waals surface area contributed by atoms with Crippen LogP contribution in [0, 0.1) is 0 Å². The van der Waals surface area contributed by atoms with Crippen LogP contribution in [0.5, 0.6) is 0 Å². The van der Waals surface area contributed by atoms with Gasteiger partial charge in [0.25, 0.3) is 0 Å². The fourth-order valence-electron chi connectivity index (χ4n) is 3.26. The second kappa shape index (κ2) is 5.36. The number of hydrogen-bond acceptors (Lipinski definition) is 3. The van der Waals surface area contributed by atoms with Crippen LogP contribution in [0.4, 0.5) is 0 Å². The van der Waals surface area contributed by atoms with E-state index in [4.69, 9.17) is 4.52 Å². The van der Waals surface area contributed by atoms with Crippen LogP contribution in [-0.4, -0.2) is 16.4 Å². The van der Waals surface area contributed by atoms with E-state index in [0.717, 1.165) is 41.0 Å². The van der Waals surface area contributed by atoms with Crippen LogP contribution >= 0.6 is 0 Å². The third-order valence-corrected chi connectivity index (χ3v) is 4.84. The summed E-state index contributed by atoms with van der Waals surface area (Å²) in [5.74, 6) is 0.817. The molecule has 1 aliphatic rings. The lowest BCUT2D eigenvalue weighted by Gasteiger charge is -2.17. The van der Waals surface area contributed by atoms with E-state index in [1.165, 1.54) is 0 Å². The summed E-state index contributed by atoms with van der Waals surface area (Å²) in [6.07, 6.45) is 1.43. The van der Waals surface area contributed by atoms with Gasteiger partial charge in [-0.1, -0.05) is 65.8 Å². The number of hydrogen-bond donors (Lipinski definition) is 1. The van der Waals surface area contributed by atoms with Crippen molar-refractivity contribution in [2.24, 2.45) is 0 Å². The third kappa shape index (κ3) is 2.28. The highest BCUT2D eigenvalue weighted by molar-refractivity contribution is 5.83. The van der Waals surface area contributed by atoms with Crippen molar-refractivity contribution in [1.29, 1.82) is 0 Å².